The van der Waals surface area contributed by atoms with Crippen molar-refractivity contribution in [2.24, 2.45) is 15.0 Å². The molecule has 4 aromatic rings. The van der Waals surface area contributed by atoms with Crippen LogP contribution in [-0.4, -0.2) is 17.1 Å². The van der Waals surface area contributed by atoms with Crippen LogP contribution in [-0.2, 0) is 13.1 Å². The average Bonchev–Trinajstić information content (AvgIpc) is 3.35. The van der Waals surface area contributed by atoms with E-state index in [1.54, 1.807) is 0 Å². The van der Waals surface area contributed by atoms with Gasteiger partial charge >= 0.3 is 33.3 Å². The SMILES string of the molecule is CC(=Nc1ccc2ccccc2c1)C1=CCC(C(C)=Nc2ccc3ccccc3c2)=N1.[Cl][Fe][Cl]. The first kappa shape index (κ1) is 24.4. The molecular formula is C28H23Cl2FeN3. The van der Waals surface area contributed by atoms with Crippen LogP contribution in [0.25, 0.3) is 21.5 Å². The van der Waals surface area contributed by atoms with Gasteiger partial charge in [-0.15, -0.1) is 0 Å². The van der Waals surface area contributed by atoms with E-state index in [1.807, 2.05) is 13.8 Å². The molecule has 0 amide bonds. The monoisotopic (exact) mass is 527 g/mol. The van der Waals surface area contributed by atoms with Gasteiger partial charge in [0.25, 0.3) is 0 Å². The Bertz CT molecular complexity index is 1450. The molecule has 34 heavy (non-hydrogen) atoms. The van der Waals surface area contributed by atoms with Crippen molar-refractivity contribution in [2.75, 3.05) is 0 Å². The van der Waals surface area contributed by atoms with Gasteiger partial charge in [0, 0.05) is 6.42 Å². The molecule has 5 rings (SSSR count). The van der Waals surface area contributed by atoms with Crippen LogP contribution in [0.5, 0.6) is 0 Å². The van der Waals surface area contributed by atoms with Crippen LogP contribution in [0.2, 0.25) is 0 Å². The third kappa shape index (κ3) is 6.02. The predicted octanol–water partition coefficient (Wildman–Crippen LogP) is 8.98. The Hall–Kier alpha value is -2.75. The molecule has 0 aromatic heterocycles. The summed E-state index contributed by atoms with van der Waals surface area (Å²) in [5, 5.41) is 4.84. The molecule has 0 unspecified atom stereocenters. The van der Waals surface area contributed by atoms with Crippen molar-refractivity contribution in [3.63, 3.8) is 0 Å². The topological polar surface area (TPSA) is 37.1 Å². The fourth-order valence-electron chi connectivity index (χ4n) is 3.89. The van der Waals surface area contributed by atoms with Crippen LogP contribution < -0.4 is 0 Å². The molecular weight excluding hydrogens is 505 g/mol. The fraction of sp³-hybridized carbons (Fsp3) is 0.107. The maximum absolute atomic E-state index is 4.82. The number of hydrogen-bond donors (Lipinski definition) is 0. The van der Waals surface area contributed by atoms with Crippen molar-refractivity contribution in [2.45, 2.75) is 20.3 Å². The summed E-state index contributed by atoms with van der Waals surface area (Å²) >= 11 is 0.194. The standard InChI is InChI=1S/C28H23N3.2ClH.Fe/c1-19(29-25-13-11-21-7-3-5-9-23(21)17-25)27-15-16-28(31-27)20(2)30-26-14-12-22-8-4-6-10-24(22)18-26;;;/h3-15,17-18H,16H2,1-2H3;2*1H;/q;;;+2/p-2. The molecule has 1 aliphatic heterocycles. The van der Waals surface area contributed by atoms with Gasteiger partial charge < -0.3 is 0 Å². The molecule has 0 N–H and O–H groups in total. The number of allylic oxidation sites excluding steroid dienone is 2. The van der Waals surface area contributed by atoms with Gasteiger partial charge in [0.2, 0.25) is 0 Å². The zero-order chi connectivity index (χ0) is 23.9. The van der Waals surface area contributed by atoms with E-state index in [4.69, 9.17) is 35.2 Å². The Balaban J connectivity index is 0.000000868. The molecule has 4 aromatic carbocycles. The van der Waals surface area contributed by atoms with Crippen molar-refractivity contribution in [3.05, 3.63) is 96.7 Å². The van der Waals surface area contributed by atoms with Gasteiger partial charge in [0.1, 0.15) is 0 Å². The van der Waals surface area contributed by atoms with E-state index in [1.165, 1.54) is 21.5 Å². The minimum absolute atomic E-state index is 0.194. The molecule has 0 spiro atoms. The summed E-state index contributed by atoms with van der Waals surface area (Å²) in [6.45, 7) is 4.05. The van der Waals surface area contributed by atoms with Gasteiger partial charge in [-0.2, -0.15) is 0 Å². The van der Waals surface area contributed by atoms with Crippen LogP contribution in [0.15, 0.2) is 112 Å². The van der Waals surface area contributed by atoms with Crippen molar-refractivity contribution in [3.8, 4) is 0 Å². The minimum atomic E-state index is 0.194. The van der Waals surface area contributed by atoms with Crippen LogP contribution in [0, 0.1) is 0 Å². The third-order valence-electron chi connectivity index (χ3n) is 5.59. The van der Waals surface area contributed by atoms with E-state index in [-0.39, 0.29) is 13.1 Å². The van der Waals surface area contributed by atoms with E-state index in [0.717, 1.165) is 40.6 Å². The van der Waals surface area contributed by atoms with E-state index in [9.17, 15) is 0 Å². The quantitative estimate of drug-likeness (QED) is 0.187. The molecule has 0 atom stereocenters. The molecule has 0 aliphatic carbocycles. The Morgan fingerprint density at radius 1 is 0.706 bits per heavy atom. The summed E-state index contributed by atoms with van der Waals surface area (Å²) in [7, 11) is 9.53. The molecule has 0 bridgehead atoms. The van der Waals surface area contributed by atoms with Gasteiger partial charge in [-0.1, -0.05) is 66.7 Å². The molecule has 0 radical (unpaired) electrons. The zero-order valence-electron chi connectivity index (χ0n) is 18.8. The summed E-state index contributed by atoms with van der Waals surface area (Å²) in [5.41, 5.74) is 5.69. The number of nitrogens with zero attached hydrogens (tertiary/aromatic N) is 3. The van der Waals surface area contributed by atoms with Crippen molar-refractivity contribution in [1.82, 2.24) is 0 Å². The van der Waals surface area contributed by atoms with Gasteiger partial charge in [-0.05, 0) is 59.7 Å². The Morgan fingerprint density at radius 3 is 1.71 bits per heavy atom. The normalized spacial score (nSPS) is 14.1. The van der Waals surface area contributed by atoms with Crippen LogP contribution in [0.1, 0.15) is 20.3 Å². The number of hydrogen-bond acceptors (Lipinski definition) is 3. The number of aliphatic imine (C=N–C) groups is 3. The molecule has 0 saturated carbocycles. The second-order valence-corrected chi connectivity index (χ2v) is 9.68. The summed E-state index contributed by atoms with van der Waals surface area (Å²) < 4.78 is 0. The van der Waals surface area contributed by atoms with Crippen LogP contribution in [0.3, 0.4) is 0 Å². The summed E-state index contributed by atoms with van der Waals surface area (Å²) in [6.07, 6.45) is 2.91. The maximum atomic E-state index is 4.82. The first-order chi connectivity index (χ1) is 16.6. The molecule has 3 nitrogen and oxygen atoms in total. The second-order valence-electron chi connectivity index (χ2n) is 7.86. The third-order valence-corrected chi connectivity index (χ3v) is 5.59. The van der Waals surface area contributed by atoms with E-state index >= 15 is 0 Å². The predicted molar refractivity (Wildman–Crippen MR) is 145 cm³/mol. The number of benzene rings is 4. The molecule has 1 aliphatic rings. The molecule has 172 valence electrons. The van der Waals surface area contributed by atoms with E-state index in [2.05, 4.69) is 91.0 Å². The Labute approximate surface area is 214 Å². The van der Waals surface area contributed by atoms with Gasteiger partial charge in [-0.25, -0.2) is 4.99 Å². The zero-order valence-corrected chi connectivity index (χ0v) is 21.4. The second kappa shape index (κ2) is 11.6. The molecule has 6 heteroatoms. The number of rotatable bonds is 4. The number of fused-ring (bicyclic) bond motifs is 2. The Kier molecular flexibility index (Phi) is 8.31. The molecule has 1 heterocycles. The van der Waals surface area contributed by atoms with Gasteiger partial charge in [0.15, 0.2) is 0 Å². The Morgan fingerprint density at radius 2 is 1.18 bits per heavy atom. The first-order valence-corrected chi connectivity index (χ1v) is 13.8. The summed E-state index contributed by atoms with van der Waals surface area (Å²) in [4.78, 5) is 14.4. The summed E-state index contributed by atoms with van der Waals surface area (Å²) in [6, 6.07) is 29.2. The van der Waals surface area contributed by atoms with Crippen LogP contribution in [0.4, 0.5) is 11.4 Å². The van der Waals surface area contributed by atoms with E-state index < -0.39 is 0 Å². The van der Waals surface area contributed by atoms with Crippen molar-refractivity contribution >= 4 is 70.3 Å². The molecule has 0 saturated heterocycles. The number of halogens is 2. The van der Waals surface area contributed by atoms with Crippen molar-refractivity contribution in [1.29, 1.82) is 0 Å². The average molecular weight is 528 g/mol. The molecule has 0 fully saturated rings. The van der Waals surface area contributed by atoms with Gasteiger partial charge in [0.05, 0.1) is 34.2 Å². The fourth-order valence-corrected chi connectivity index (χ4v) is 3.89. The van der Waals surface area contributed by atoms with E-state index in [0.29, 0.717) is 0 Å². The first-order valence-electron chi connectivity index (χ1n) is 10.8. The van der Waals surface area contributed by atoms with Gasteiger partial charge in [-0.3, -0.25) is 9.98 Å². The van der Waals surface area contributed by atoms with Crippen LogP contribution >= 0.6 is 20.2 Å². The van der Waals surface area contributed by atoms with Crippen molar-refractivity contribution < 1.29 is 13.1 Å². The summed E-state index contributed by atoms with van der Waals surface area (Å²) in [5.74, 6) is 0.